The zero-order valence-electron chi connectivity index (χ0n) is 12.7. The lowest BCUT2D eigenvalue weighted by atomic mass is 10.0. The summed E-state index contributed by atoms with van der Waals surface area (Å²) in [7, 11) is 0. The smallest absolute Gasteiger partial charge is 0.219 e. The van der Waals surface area contributed by atoms with E-state index in [9.17, 15) is 15.3 Å². The second-order valence-corrected chi connectivity index (χ2v) is 5.57. The fourth-order valence-electron chi connectivity index (χ4n) is 2.59. The molecule has 1 aliphatic rings. The monoisotopic (exact) mass is 320 g/mol. The molecule has 7 heteroatoms. The third-order valence-electron chi connectivity index (χ3n) is 3.77. The summed E-state index contributed by atoms with van der Waals surface area (Å²) >= 11 is 0. The van der Waals surface area contributed by atoms with Crippen LogP contribution in [0, 0.1) is 6.92 Å². The van der Waals surface area contributed by atoms with E-state index in [1.54, 1.807) is 10.7 Å². The highest BCUT2D eigenvalue weighted by atomic mass is 16.7. The van der Waals surface area contributed by atoms with E-state index in [0.717, 1.165) is 11.4 Å². The van der Waals surface area contributed by atoms with Crippen molar-refractivity contribution in [2.45, 2.75) is 37.9 Å². The van der Waals surface area contributed by atoms with Crippen LogP contribution in [0.1, 0.15) is 12.1 Å². The molecule has 3 rings (SSSR count). The molecule has 1 aromatic heterocycles. The van der Waals surface area contributed by atoms with Crippen molar-refractivity contribution >= 4 is 0 Å². The van der Waals surface area contributed by atoms with Crippen LogP contribution in [0.15, 0.2) is 36.4 Å². The third-order valence-corrected chi connectivity index (χ3v) is 3.77. The van der Waals surface area contributed by atoms with Crippen molar-refractivity contribution in [2.75, 3.05) is 6.61 Å². The van der Waals surface area contributed by atoms with Gasteiger partial charge in [-0.3, -0.25) is 0 Å². The van der Waals surface area contributed by atoms with E-state index in [1.807, 2.05) is 37.3 Å². The molecule has 0 amide bonds. The van der Waals surface area contributed by atoms with Crippen LogP contribution in [0.4, 0.5) is 0 Å². The van der Waals surface area contributed by atoms with Crippen LogP contribution in [0.3, 0.4) is 0 Å². The second kappa shape index (κ2) is 6.67. The highest BCUT2D eigenvalue weighted by molar-refractivity contribution is 5.35. The van der Waals surface area contributed by atoms with E-state index >= 15 is 0 Å². The molecule has 0 bridgehead atoms. The predicted molar refractivity (Wildman–Crippen MR) is 81.3 cm³/mol. The lowest BCUT2D eigenvalue weighted by molar-refractivity contribution is -0.231. The summed E-state index contributed by atoms with van der Waals surface area (Å²) in [5.74, 6) is 0.471. The van der Waals surface area contributed by atoms with E-state index in [-0.39, 0.29) is 6.42 Å². The molecule has 1 saturated heterocycles. The minimum Gasteiger partial charge on any atom is -0.448 e. The first-order valence-electron chi connectivity index (χ1n) is 7.49. The highest BCUT2D eigenvalue weighted by Crippen LogP contribution is 2.26. The van der Waals surface area contributed by atoms with Gasteiger partial charge in [0, 0.05) is 12.5 Å². The van der Waals surface area contributed by atoms with Gasteiger partial charge in [0.05, 0.1) is 24.1 Å². The predicted octanol–water partition coefficient (Wildman–Crippen LogP) is 0.389. The van der Waals surface area contributed by atoms with Gasteiger partial charge in [-0.15, -0.1) is 0 Å². The Balaban J connectivity index is 1.81. The number of hydrogen-bond donors (Lipinski definition) is 3. The SMILES string of the molecule is Cc1cc(OC2C[C@@H](O)[C@H](O)[C@@H](CO)O2)n(-c2ccccc2)n1. The molecule has 23 heavy (non-hydrogen) atoms. The maximum absolute atomic E-state index is 9.88. The molecule has 1 fully saturated rings. The molecular weight excluding hydrogens is 300 g/mol. The van der Waals surface area contributed by atoms with Crippen molar-refractivity contribution in [1.82, 2.24) is 9.78 Å². The maximum Gasteiger partial charge on any atom is 0.219 e. The van der Waals surface area contributed by atoms with E-state index in [0.29, 0.717) is 5.88 Å². The summed E-state index contributed by atoms with van der Waals surface area (Å²) in [5, 5.41) is 33.3. The zero-order valence-corrected chi connectivity index (χ0v) is 12.7. The summed E-state index contributed by atoms with van der Waals surface area (Å²) in [6.45, 7) is 1.46. The first-order chi connectivity index (χ1) is 11.1. The molecule has 3 N–H and O–H groups in total. The van der Waals surface area contributed by atoms with Gasteiger partial charge >= 0.3 is 0 Å². The van der Waals surface area contributed by atoms with Crippen LogP contribution in [0.2, 0.25) is 0 Å². The van der Waals surface area contributed by atoms with Crippen LogP contribution in [-0.2, 0) is 4.74 Å². The first-order valence-corrected chi connectivity index (χ1v) is 7.49. The normalized spacial score (nSPS) is 27.8. The number of aliphatic hydroxyl groups is 3. The van der Waals surface area contributed by atoms with Crippen LogP contribution < -0.4 is 4.74 Å². The van der Waals surface area contributed by atoms with Gasteiger partial charge in [0.1, 0.15) is 12.2 Å². The summed E-state index contributed by atoms with van der Waals surface area (Å²) in [6, 6.07) is 11.3. The molecule has 0 radical (unpaired) electrons. The van der Waals surface area contributed by atoms with E-state index in [1.165, 1.54) is 0 Å². The first kappa shape index (κ1) is 15.9. The van der Waals surface area contributed by atoms with Crippen LogP contribution in [0.25, 0.3) is 5.69 Å². The van der Waals surface area contributed by atoms with Crippen LogP contribution >= 0.6 is 0 Å². The molecule has 1 unspecified atom stereocenters. The minimum atomic E-state index is -1.12. The number of aliphatic hydroxyl groups excluding tert-OH is 3. The molecule has 2 heterocycles. The van der Waals surface area contributed by atoms with Crippen LogP contribution in [0.5, 0.6) is 5.88 Å². The van der Waals surface area contributed by atoms with Gasteiger partial charge < -0.3 is 24.8 Å². The summed E-state index contributed by atoms with van der Waals surface area (Å²) < 4.78 is 13.0. The molecule has 124 valence electrons. The van der Waals surface area contributed by atoms with E-state index < -0.39 is 31.2 Å². The van der Waals surface area contributed by atoms with Gasteiger partial charge in [0.15, 0.2) is 0 Å². The van der Waals surface area contributed by atoms with Gasteiger partial charge in [-0.1, -0.05) is 18.2 Å². The second-order valence-electron chi connectivity index (χ2n) is 5.57. The molecule has 0 spiro atoms. The van der Waals surface area contributed by atoms with Crippen molar-refractivity contribution < 1.29 is 24.8 Å². The van der Waals surface area contributed by atoms with Gasteiger partial charge in [-0.05, 0) is 19.1 Å². The Labute approximate surface area is 133 Å². The topological polar surface area (TPSA) is 97.0 Å². The van der Waals surface area contributed by atoms with Crippen molar-refractivity contribution in [3.63, 3.8) is 0 Å². The molecule has 1 aliphatic heterocycles. The van der Waals surface area contributed by atoms with Gasteiger partial charge in [-0.25, -0.2) is 4.68 Å². The molecule has 0 saturated carbocycles. The number of aryl methyl sites for hydroxylation is 1. The van der Waals surface area contributed by atoms with Crippen molar-refractivity contribution in [1.29, 1.82) is 0 Å². The number of ether oxygens (including phenoxy) is 2. The number of rotatable bonds is 4. The fourth-order valence-corrected chi connectivity index (χ4v) is 2.59. The van der Waals surface area contributed by atoms with Gasteiger partial charge in [0.2, 0.25) is 12.2 Å². The molecule has 1 aromatic carbocycles. The number of benzene rings is 1. The Morgan fingerprint density at radius 2 is 2.04 bits per heavy atom. The minimum absolute atomic E-state index is 0.108. The third kappa shape index (κ3) is 3.37. The fraction of sp³-hybridized carbons (Fsp3) is 0.438. The Hall–Kier alpha value is -1.93. The summed E-state index contributed by atoms with van der Waals surface area (Å²) in [6.07, 6.45) is -3.68. The number of nitrogens with zero attached hydrogens (tertiary/aromatic N) is 2. The lowest BCUT2D eigenvalue weighted by Crippen LogP contribution is -2.51. The lowest BCUT2D eigenvalue weighted by Gasteiger charge is -2.35. The largest absolute Gasteiger partial charge is 0.448 e. The van der Waals surface area contributed by atoms with Crippen molar-refractivity contribution in [3.05, 3.63) is 42.1 Å². The number of para-hydroxylation sites is 1. The van der Waals surface area contributed by atoms with Crippen molar-refractivity contribution in [3.8, 4) is 11.6 Å². The molecule has 0 aliphatic carbocycles. The van der Waals surface area contributed by atoms with Crippen LogP contribution in [-0.4, -0.2) is 56.3 Å². The van der Waals surface area contributed by atoms with E-state index in [2.05, 4.69) is 5.10 Å². The van der Waals surface area contributed by atoms with E-state index in [4.69, 9.17) is 9.47 Å². The highest BCUT2D eigenvalue weighted by Gasteiger charge is 2.37. The standard InChI is InChI=1S/C16H20N2O5/c1-10-7-14(18(17-10)11-5-3-2-4-6-11)23-15-8-12(20)16(21)13(9-19)22-15/h2-7,12-13,15-16,19-21H,8-9H2,1H3/t12-,13-,15?,16+/m1/s1. The van der Waals surface area contributed by atoms with Gasteiger partial charge in [-0.2, -0.15) is 5.10 Å². The number of aromatic nitrogens is 2. The quantitative estimate of drug-likeness (QED) is 0.754. The number of hydrogen-bond acceptors (Lipinski definition) is 6. The zero-order chi connectivity index (χ0) is 16.4. The average molecular weight is 320 g/mol. The molecular formula is C16H20N2O5. The molecule has 7 nitrogen and oxygen atoms in total. The molecule has 4 atom stereocenters. The molecule has 2 aromatic rings. The Morgan fingerprint density at radius 1 is 1.30 bits per heavy atom. The average Bonchev–Trinajstić information content (AvgIpc) is 2.92. The van der Waals surface area contributed by atoms with Crippen molar-refractivity contribution in [2.24, 2.45) is 0 Å². The Bertz CT molecular complexity index is 645. The maximum atomic E-state index is 9.88. The Kier molecular flexibility index (Phi) is 4.63. The Morgan fingerprint density at radius 3 is 2.74 bits per heavy atom. The summed E-state index contributed by atoms with van der Waals surface area (Å²) in [4.78, 5) is 0. The van der Waals surface area contributed by atoms with Gasteiger partial charge in [0.25, 0.3) is 0 Å². The summed E-state index contributed by atoms with van der Waals surface area (Å²) in [5.41, 5.74) is 1.62.